The molecule has 0 radical (unpaired) electrons. The second-order valence-electron chi connectivity index (χ2n) is 13.3. The van der Waals surface area contributed by atoms with Gasteiger partial charge in [-0.05, 0) is 67.6 Å². The molecule has 0 aromatic heterocycles. The van der Waals surface area contributed by atoms with Crippen LogP contribution in [0.15, 0.2) is 66.7 Å². The Hall–Kier alpha value is -3.45. The molecule has 0 saturated heterocycles. The number of esters is 1. The summed E-state index contributed by atoms with van der Waals surface area (Å²) in [4.78, 5) is 42.8. The largest absolute Gasteiger partial charge is 0.463 e. The highest BCUT2D eigenvalue weighted by Crippen LogP contribution is 2.29. The molecule has 2 aromatic rings. The number of aliphatic hydroxyl groups is 1. The molecule has 7 nitrogen and oxygen atoms in total. The van der Waals surface area contributed by atoms with Crippen LogP contribution >= 0.6 is 0 Å². The molecular formula is C38H50N2O5. The van der Waals surface area contributed by atoms with Crippen LogP contribution in [-0.2, 0) is 38.5 Å². The average molecular weight is 615 g/mol. The molecule has 2 heterocycles. The molecule has 2 aromatic carbocycles. The Morgan fingerprint density at radius 1 is 0.889 bits per heavy atom. The third-order valence-electron chi connectivity index (χ3n) is 9.96. The summed E-state index contributed by atoms with van der Waals surface area (Å²) in [6.45, 7) is 0.476. The average Bonchev–Trinajstić information content (AvgIpc) is 3.07. The van der Waals surface area contributed by atoms with Crippen LogP contribution in [0.2, 0.25) is 0 Å². The minimum atomic E-state index is -0.538. The maximum absolute atomic E-state index is 13.9. The molecule has 2 amide bonds. The maximum Gasteiger partial charge on any atom is 0.309 e. The number of carbonyl (C=O) groups excluding carboxylic acids is 3. The van der Waals surface area contributed by atoms with E-state index >= 15 is 0 Å². The fourth-order valence-electron chi connectivity index (χ4n) is 7.33. The number of ether oxygens (including phenoxy) is 1. The van der Waals surface area contributed by atoms with Gasteiger partial charge in [-0.25, -0.2) is 0 Å². The summed E-state index contributed by atoms with van der Waals surface area (Å²) >= 11 is 0. The molecule has 0 bridgehead atoms. The SMILES string of the molecule is O=C1N[C@@H](CC2CCCCC2)COC(=O)[C@@H](Cc2ccccc2)CCCC=CC[C@@H]1CC(=O)N1Cc2ccccc2C[C@H]1CO. The number of hydrogen-bond donors (Lipinski definition) is 2. The Morgan fingerprint density at radius 3 is 2.42 bits per heavy atom. The maximum atomic E-state index is 13.9. The summed E-state index contributed by atoms with van der Waals surface area (Å²) in [5.41, 5.74) is 3.37. The molecule has 3 aliphatic rings. The van der Waals surface area contributed by atoms with E-state index < -0.39 is 5.92 Å². The zero-order valence-electron chi connectivity index (χ0n) is 26.6. The molecule has 1 saturated carbocycles. The monoisotopic (exact) mass is 614 g/mol. The lowest BCUT2D eigenvalue weighted by Crippen LogP contribution is -2.48. The van der Waals surface area contributed by atoms with Gasteiger partial charge in [-0.3, -0.25) is 14.4 Å². The van der Waals surface area contributed by atoms with Gasteiger partial charge in [0.15, 0.2) is 0 Å². The highest BCUT2D eigenvalue weighted by molar-refractivity contribution is 5.86. The van der Waals surface area contributed by atoms with Crippen molar-refractivity contribution in [2.24, 2.45) is 17.8 Å². The predicted molar refractivity (Wildman–Crippen MR) is 175 cm³/mol. The molecule has 4 atom stereocenters. The number of nitrogens with zero attached hydrogens (tertiary/aromatic N) is 1. The lowest BCUT2D eigenvalue weighted by Gasteiger charge is -2.37. The minimum Gasteiger partial charge on any atom is -0.463 e. The van der Waals surface area contributed by atoms with Crippen LogP contribution in [0.3, 0.4) is 0 Å². The van der Waals surface area contributed by atoms with Gasteiger partial charge in [0.2, 0.25) is 11.8 Å². The van der Waals surface area contributed by atoms with E-state index in [1.165, 1.54) is 19.3 Å². The van der Waals surface area contributed by atoms with E-state index in [0.717, 1.165) is 55.2 Å². The van der Waals surface area contributed by atoms with E-state index in [1.807, 2.05) is 42.5 Å². The Morgan fingerprint density at radius 2 is 1.64 bits per heavy atom. The molecule has 45 heavy (non-hydrogen) atoms. The van der Waals surface area contributed by atoms with Gasteiger partial charge in [-0.2, -0.15) is 0 Å². The smallest absolute Gasteiger partial charge is 0.309 e. The lowest BCUT2D eigenvalue weighted by molar-refractivity contribution is -0.150. The topological polar surface area (TPSA) is 95.9 Å². The molecule has 242 valence electrons. The summed E-state index contributed by atoms with van der Waals surface area (Å²) in [6, 6.07) is 17.5. The minimum absolute atomic E-state index is 0.0733. The third kappa shape index (κ3) is 9.52. The number of benzene rings is 2. The molecule has 0 spiro atoms. The van der Waals surface area contributed by atoms with E-state index in [1.54, 1.807) is 4.90 Å². The zero-order chi connectivity index (χ0) is 31.4. The van der Waals surface area contributed by atoms with Crippen molar-refractivity contribution in [2.45, 2.75) is 102 Å². The number of carbonyl (C=O) groups is 3. The predicted octanol–water partition coefficient (Wildman–Crippen LogP) is 5.93. The normalized spacial score (nSPS) is 25.5. The van der Waals surface area contributed by atoms with Crippen LogP contribution < -0.4 is 5.32 Å². The second kappa shape index (κ2) is 16.7. The van der Waals surface area contributed by atoms with E-state index in [2.05, 4.69) is 29.6 Å². The second-order valence-corrected chi connectivity index (χ2v) is 13.3. The summed E-state index contributed by atoms with van der Waals surface area (Å²) in [6.07, 6.45) is 14.9. The molecule has 5 rings (SSSR count). The van der Waals surface area contributed by atoms with Crippen LogP contribution in [0.4, 0.5) is 0 Å². The number of aliphatic hydroxyl groups excluding tert-OH is 1. The number of rotatable bonds is 7. The molecule has 2 aliphatic heterocycles. The number of amides is 2. The first-order valence-corrected chi connectivity index (χ1v) is 17.1. The number of allylic oxidation sites excluding steroid dienone is 2. The van der Waals surface area contributed by atoms with Crippen molar-refractivity contribution in [3.63, 3.8) is 0 Å². The molecule has 2 N–H and O–H groups in total. The van der Waals surface area contributed by atoms with Gasteiger partial charge >= 0.3 is 5.97 Å². The summed E-state index contributed by atoms with van der Waals surface area (Å²) < 4.78 is 5.97. The Labute approximate surface area is 268 Å². The van der Waals surface area contributed by atoms with Crippen molar-refractivity contribution in [3.8, 4) is 0 Å². The van der Waals surface area contributed by atoms with Crippen molar-refractivity contribution in [2.75, 3.05) is 13.2 Å². The van der Waals surface area contributed by atoms with Gasteiger partial charge in [-0.15, -0.1) is 0 Å². The number of hydrogen-bond acceptors (Lipinski definition) is 5. The molecular weight excluding hydrogens is 564 g/mol. The lowest BCUT2D eigenvalue weighted by atomic mass is 9.84. The van der Waals surface area contributed by atoms with E-state index in [-0.39, 0.29) is 55.4 Å². The number of fused-ring (bicyclic) bond motifs is 1. The van der Waals surface area contributed by atoms with Gasteiger partial charge < -0.3 is 20.1 Å². The van der Waals surface area contributed by atoms with Crippen molar-refractivity contribution in [3.05, 3.63) is 83.4 Å². The summed E-state index contributed by atoms with van der Waals surface area (Å²) in [7, 11) is 0. The highest BCUT2D eigenvalue weighted by Gasteiger charge is 2.33. The van der Waals surface area contributed by atoms with Crippen LogP contribution in [0, 0.1) is 17.8 Å². The van der Waals surface area contributed by atoms with Gasteiger partial charge in [0.1, 0.15) is 6.61 Å². The first-order valence-electron chi connectivity index (χ1n) is 17.1. The standard InChI is InChI=1S/C38H50N2O5/c41-26-35-23-30-17-11-12-20-33(30)25-40(35)36(42)24-31-18-9-1-2-10-19-32(21-28-13-5-3-6-14-28)38(44)45-27-34(39-37(31)43)22-29-15-7-4-8-16-29/h1,3,5-6,9,11-14,17,20,29,31-32,34-35,41H,2,4,7-8,10,15-16,18-19,21-27H2,(H,39,43)/t31-,32-,34+,35+/m1/s1. The van der Waals surface area contributed by atoms with E-state index in [9.17, 15) is 19.5 Å². The Bertz CT molecular complexity index is 1290. The number of cyclic esters (lactones) is 1. The van der Waals surface area contributed by atoms with Crippen molar-refractivity contribution >= 4 is 17.8 Å². The zero-order valence-corrected chi connectivity index (χ0v) is 26.6. The van der Waals surface area contributed by atoms with Crippen molar-refractivity contribution < 1.29 is 24.2 Å². The van der Waals surface area contributed by atoms with Crippen molar-refractivity contribution in [1.29, 1.82) is 0 Å². The van der Waals surface area contributed by atoms with E-state index in [4.69, 9.17) is 4.74 Å². The summed E-state index contributed by atoms with van der Waals surface area (Å²) in [5, 5.41) is 13.4. The fourth-order valence-corrected chi connectivity index (χ4v) is 7.33. The van der Waals surface area contributed by atoms with Crippen molar-refractivity contribution in [1.82, 2.24) is 10.2 Å². The first-order chi connectivity index (χ1) is 22.0. The Balaban J connectivity index is 1.31. The van der Waals surface area contributed by atoms with Crippen LogP contribution in [0.25, 0.3) is 0 Å². The van der Waals surface area contributed by atoms with Gasteiger partial charge in [-0.1, -0.05) is 98.9 Å². The van der Waals surface area contributed by atoms with Crippen LogP contribution in [0.5, 0.6) is 0 Å². The van der Waals surface area contributed by atoms with Crippen LogP contribution in [0.1, 0.15) is 87.3 Å². The van der Waals surface area contributed by atoms with Gasteiger partial charge in [0, 0.05) is 13.0 Å². The fraction of sp³-hybridized carbons (Fsp3) is 0.553. The van der Waals surface area contributed by atoms with Gasteiger partial charge in [0.25, 0.3) is 0 Å². The number of nitrogens with one attached hydrogen (secondary N) is 1. The first kappa shape index (κ1) is 32.9. The van der Waals surface area contributed by atoms with E-state index in [0.29, 0.717) is 31.7 Å². The Kier molecular flexibility index (Phi) is 12.3. The highest BCUT2D eigenvalue weighted by atomic mass is 16.5. The molecule has 1 fully saturated rings. The van der Waals surface area contributed by atoms with Crippen LogP contribution in [-0.4, -0.2) is 53.1 Å². The molecule has 0 unspecified atom stereocenters. The summed E-state index contributed by atoms with van der Waals surface area (Å²) in [5.74, 6) is -0.758. The quantitative estimate of drug-likeness (QED) is 0.298. The molecule has 1 aliphatic carbocycles. The third-order valence-corrected chi connectivity index (χ3v) is 9.96. The molecule has 7 heteroatoms. The van der Waals surface area contributed by atoms with Gasteiger partial charge in [0.05, 0.1) is 30.5 Å².